The van der Waals surface area contributed by atoms with E-state index in [0.717, 1.165) is 0 Å². The molecule has 0 bridgehead atoms. The number of nitrogens with two attached hydrogens (primary N) is 1. The van der Waals surface area contributed by atoms with Gasteiger partial charge in [0.1, 0.15) is 5.82 Å². The Kier molecular flexibility index (Phi) is 5.05. The van der Waals surface area contributed by atoms with Gasteiger partial charge in [0.25, 0.3) is 0 Å². The average molecular weight is 300 g/mol. The van der Waals surface area contributed by atoms with E-state index in [-0.39, 0.29) is 18.3 Å². The number of nitrogens with zero attached hydrogens (tertiary/aromatic N) is 2. The highest BCUT2D eigenvalue weighted by Crippen LogP contribution is 2.21. The lowest BCUT2D eigenvalue weighted by Crippen LogP contribution is -2.24. The predicted octanol–water partition coefficient (Wildman–Crippen LogP) is 1.97. The van der Waals surface area contributed by atoms with E-state index in [1.165, 1.54) is 6.07 Å². The fourth-order valence-electron chi connectivity index (χ4n) is 1.76. The van der Waals surface area contributed by atoms with Crippen LogP contribution in [-0.2, 0) is 17.6 Å². The van der Waals surface area contributed by atoms with E-state index in [9.17, 15) is 4.39 Å². The first-order valence-electron chi connectivity index (χ1n) is 6.11. The number of hydrogen-bond donors (Lipinski definition) is 1. The summed E-state index contributed by atoms with van der Waals surface area (Å²) in [5, 5.41) is 4.15. The van der Waals surface area contributed by atoms with E-state index in [2.05, 4.69) is 10.1 Å². The molecule has 1 atom stereocenters. The third-order valence-electron chi connectivity index (χ3n) is 2.91. The smallest absolute Gasteiger partial charge is 0.229 e. The molecule has 2 N–H and O–H groups in total. The summed E-state index contributed by atoms with van der Waals surface area (Å²) in [5.41, 5.74) is 5.87. The van der Waals surface area contributed by atoms with Gasteiger partial charge < -0.3 is 15.0 Å². The van der Waals surface area contributed by atoms with Crippen LogP contribution in [0.15, 0.2) is 22.7 Å². The molecule has 2 aromatic rings. The minimum Gasteiger partial charge on any atom is -0.380 e. The lowest BCUT2D eigenvalue weighted by molar-refractivity contribution is 0.102. The third-order valence-corrected chi connectivity index (χ3v) is 3.26. The minimum absolute atomic E-state index is 0.176. The molecule has 0 spiro atoms. The highest BCUT2D eigenvalue weighted by Gasteiger charge is 2.15. The highest BCUT2D eigenvalue weighted by atomic mass is 35.5. The zero-order valence-corrected chi connectivity index (χ0v) is 11.7. The van der Waals surface area contributed by atoms with Gasteiger partial charge in [0.2, 0.25) is 5.89 Å². The largest absolute Gasteiger partial charge is 0.380 e. The molecule has 5 nitrogen and oxygen atoms in total. The Balaban J connectivity index is 2.10. The predicted molar refractivity (Wildman–Crippen MR) is 72.1 cm³/mol. The van der Waals surface area contributed by atoms with Crippen LogP contribution in [0.4, 0.5) is 4.39 Å². The van der Waals surface area contributed by atoms with Crippen LogP contribution in [0.3, 0.4) is 0 Å². The molecular formula is C13H15ClFN3O2. The molecule has 0 radical (unpaired) electrons. The molecule has 0 aliphatic heterocycles. The first-order valence-corrected chi connectivity index (χ1v) is 6.49. The van der Waals surface area contributed by atoms with Gasteiger partial charge in [-0.05, 0) is 12.1 Å². The standard InChI is InChI=1S/C13H15ClFN3O2/c1-19-8(7-16)5-13-17-12(18-20-13)6-9-10(14)3-2-4-11(9)15/h2-4,8H,5-7,16H2,1H3. The summed E-state index contributed by atoms with van der Waals surface area (Å²) in [5.74, 6) is 0.393. The van der Waals surface area contributed by atoms with Crippen LogP contribution in [0.5, 0.6) is 0 Å². The van der Waals surface area contributed by atoms with Crippen molar-refractivity contribution in [3.63, 3.8) is 0 Å². The van der Waals surface area contributed by atoms with Crippen molar-refractivity contribution >= 4 is 11.6 Å². The fraction of sp³-hybridized carbons (Fsp3) is 0.385. The maximum Gasteiger partial charge on any atom is 0.229 e. The number of hydrogen-bond acceptors (Lipinski definition) is 5. The Labute approximate surface area is 120 Å². The SMILES string of the molecule is COC(CN)Cc1nc(Cc2c(F)cccc2Cl)no1. The number of aromatic nitrogens is 2. The van der Waals surface area contributed by atoms with Crippen LogP contribution in [0.2, 0.25) is 5.02 Å². The Morgan fingerprint density at radius 3 is 2.95 bits per heavy atom. The normalized spacial score (nSPS) is 12.6. The third kappa shape index (κ3) is 3.53. The summed E-state index contributed by atoms with van der Waals surface area (Å²) in [4.78, 5) is 4.18. The fourth-order valence-corrected chi connectivity index (χ4v) is 1.99. The second kappa shape index (κ2) is 6.78. The van der Waals surface area contributed by atoms with Gasteiger partial charge in [0, 0.05) is 30.7 Å². The lowest BCUT2D eigenvalue weighted by Gasteiger charge is -2.08. The van der Waals surface area contributed by atoms with Gasteiger partial charge >= 0.3 is 0 Å². The number of halogens is 2. The zero-order valence-electron chi connectivity index (χ0n) is 11.0. The Bertz CT molecular complexity index is 552. The lowest BCUT2D eigenvalue weighted by atomic mass is 10.1. The van der Waals surface area contributed by atoms with Gasteiger partial charge in [-0.1, -0.05) is 22.8 Å². The van der Waals surface area contributed by atoms with Crippen molar-refractivity contribution in [1.82, 2.24) is 10.1 Å². The van der Waals surface area contributed by atoms with E-state index in [1.54, 1.807) is 19.2 Å². The topological polar surface area (TPSA) is 74.2 Å². The van der Waals surface area contributed by atoms with Gasteiger partial charge in [-0.15, -0.1) is 0 Å². The molecule has 0 aliphatic rings. The van der Waals surface area contributed by atoms with Crippen LogP contribution < -0.4 is 5.73 Å². The van der Waals surface area contributed by atoms with Gasteiger partial charge in [0.05, 0.1) is 12.5 Å². The Hall–Kier alpha value is -1.50. The van der Waals surface area contributed by atoms with Crippen LogP contribution in [0.1, 0.15) is 17.3 Å². The van der Waals surface area contributed by atoms with Gasteiger partial charge in [0.15, 0.2) is 5.82 Å². The molecule has 0 amide bonds. The summed E-state index contributed by atoms with van der Waals surface area (Å²) in [6, 6.07) is 4.52. The Morgan fingerprint density at radius 2 is 2.30 bits per heavy atom. The molecule has 0 aliphatic carbocycles. The van der Waals surface area contributed by atoms with Crippen molar-refractivity contribution in [3.05, 3.63) is 46.3 Å². The van der Waals surface area contributed by atoms with Crippen LogP contribution >= 0.6 is 11.6 Å². The molecular weight excluding hydrogens is 285 g/mol. The van der Waals surface area contributed by atoms with E-state index >= 15 is 0 Å². The first kappa shape index (κ1) is 14.9. The molecule has 2 rings (SSSR count). The van der Waals surface area contributed by atoms with E-state index in [1.807, 2.05) is 0 Å². The minimum atomic E-state index is -0.388. The summed E-state index contributed by atoms with van der Waals surface area (Å²) in [7, 11) is 1.56. The first-order chi connectivity index (χ1) is 9.63. The second-order valence-electron chi connectivity index (χ2n) is 4.28. The second-order valence-corrected chi connectivity index (χ2v) is 4.69. The molecule has 1 heterocycles. The summed E-state index contributed by atoms with van der Waals surface area (Å²) < 4.78 is 23.9. The number of rotatable bonds is 6. The van der Waals surface area contributed by atoms with E-state index < -0.39 is 0 Å². The van der Waals surface area contributed by atoms with Gasteiger partial charge in [-0.25, -0.2) is 4.39 Å². The molecule has 1 aromatic heterocycles. The van der Waals surface area contributed by atoms with Crippen molar-refractivity contribution in [3.8, 4) is 0 Å². The van der Waals surface area contributed by atoms with Crippen molar-refractivity contribution in [2.45, 2.75) is 18.9 Å². The maximum absolute atomic E-state index is 13.7. The van der Waals surface area contributed by atoms with Crippen LogP contribution in [0.25, 0.3) is 0 Å². The highest BCUT2D eigenvalue weighted by molar-refractivity contribution is 6.31. The van der Waals surface area contributed by atoms with E-state index in [0.29, 0.717) is 35.3 Å². The number of ether oxygens (including phenoxy) is 1. The Morgan fingerprint density at radius 1 is 1.50 bits per heavy atom. The van der Waals surface area contributed by atoms with Gasteiger partial charge in [-0.2, -0.15) is 4.98 Å². The summed E-state index contributed by atoms with van der Waals surface area (Å²) in [6.45, 7) is 0.355. The van der Waals surface area contributed by atoms with Crippen molar-refractivity contribution in [2.75, 3.05) is 13.7 Å². The molecule has 7 heteroatoms. The molecule has 1 aromatic carbocycles. The quantitative estimate of drug-likeness (QED) is 0.882. The molecule has 1 unspecified atom stereocenters. The van der Waals surface area contributed by atoms with Crippen molar-refractivity contribution in [1.29, 1.82) is 0 Å². The molecule has 0 saturated heterocycles. The van der Waals surface area contributed by atoms with Gasteiger partial charge in [-0.3, -0.25) is 0 Å². The van der Waals surface area contributed by atoms with E-state index in [4.69, 9.17) is 26.6 Å². The van der Waals surface area contributed by atoms with Crippen molar-refractivity contribution < 1.29 is 13.7 Å². The monoisotopic (exact) mass is 299 g/mol. The number of benzene rings is 1. The molecule has 108 valence electrons. The van der Waals surface area contributed by atoms with Crippen molar-refractivity contribution in [2.24, 2.45) is 5.73 Å². The molecule has 20 heavy (non-hydrogen) atoms. The summed E-state index contributed by atoms with van der Waals surface area (Å²) in [6.07, 6.45) is 0.417. The average Bonchev–Trinajstić information content (AvgIpc) is 2.88. The van der Waals surface area contributed by atoms with Crippen LogP contribution in [0, 0.1) is 5.82 Å². The van der Waals surface area contributed by atoms with Crippen LogP contribution in [-0.4, -0.2) is 29.9 Å². The molecule has 0 saturated carbocycles. The maximum atomic E-state index is 13.7. The molecule has 0 fully saturated rings. The summed E-state index contributed by atoms with van der Waals surface area (Å²) >= 11 is 5.95. The zero-order chi connectivity index (χ0) is 14.5. The number of methoxy groups -OCH3 is 1.